The molecule has 0 bridgehead atoms. The van der Waals surface area contributed by atoms with Crippen LogP contribution < -0.4 is 15.5 Å². The molecule has 108 valence electrons. The molecule has 4 rings (SSSR count). The van der Waals surface area contributed by atoms with Gasteiger partial charge in [0.1, 0.15) is 0 Å². The van der Waals surface area contributed by atoms with Crippen LogP contribution in [0, 0.1) is 5.92 Å². The molecule has 0 aromatic carbocycles. The van der Waals surface area contributed by atoms with Gasteiger partial charge in [0.25, 0.3) is 0 Å². The molecule has 1 aromatic heterocycles. The summed E-state index contributed by atoms with van der Waals surface area (Å²) < 4.78 is 0. The standard InChI is InChI=1S/C15H23N5/c1-2-4-12(3-1)18-15-7-13(8-17-19-15)20-9-11-5-6-16-14(11)10-20/h7-8,11-12,14,16H,1-6,9-10H2,(H,18,19). The van der Waals surface area contributed by atoms with Crippen LogP contribution >= 0.6 is 0 Å². The molecule has 3 heterocycles. The van der Waals surface area contributed by atoms with Gasteiger partial charge in [0, 0.05) is 31.2 Å². The molecule has 3 aliphatic rings. The maximum absolute atomic E-state index is 4.24. The number of aromatic nitrogens is 2. The molecule has 3 fully saturated rings. The molecular formula is C15H23N5. The molecule has 0 amide bonds. The van der Waals surface area contributed by atoms with Gasteiger partial charge in [-0.25, -0.2) is 0 Å². The first-order valence-corrected chi connectivity index (χ1v) is 7.96. The summed E-state index contributed by atoms with van der Waals surface area (Å²) in [6.07, 6.45) is 8.43. The van der Waals surface area contributed by atoms with Crippen molar-refractivity contribution < 1.29 is 0 Å². The number of rotatable bonds is 3. The van der Waals surface area contributed by atoms with Gasteiger partial charge in [-0.15, -0.1) is 5.10 Å². The van der Waals surface area contributed by atoms with Gasteiger partial charge in [-0.2, -0.15) is 5.10 Å². The highest BCUT2D eigenvalue weighted by molar-refractivity contribution is 5.53. The van der Waals surface area contributed by atoms with E-state index in [1.807, 2.05) is 6.20 Å². The number of hydrogen-bond donors (Lipinski definition) is 2. The van der Waals surface area contributed by atoms with Gasteiger partial charge in [-0.05, 0) is 31.7 Å². The van der Waals surface area contributed by atoms with Crippen molar-refractivity contribution in [1.29, 1.82) is 0 Å². The Morgan fingerprint density at radius 1 is 1.20 bits per heavy atom. The van der Waals surface area contributed by atoms with E-state index in [-0.39, 0.29) is 0 Å². The first kappa shape index (κ1) is 12.4. The van der Waals surface area contributed by atoms with Crippen molar-refractivity contribution in [3.63, 3.8) is 0 Å². The van der Waals surface area contributed by atoms with Gasteiger partial charge in [0.15, 0.2) is 5.82 Å². The van der Waals surface area contributed by atoms with Crippen molar-refractivity contribution in [3.8, 4) is 0 Å². The molecule has 2 atom stereocenters. The fraction of sp³-hybridized carbons (Fsp3) is 0.733. The Labute approximate surface area is 120 Å². The van der Waals surface area contributed by atoms with Gasteiger partial charge in [-0.3, -0.25) is 0 Å². The quantitative estimate of drug-likeness (QED) is 0.876. The first-order chi connectivity index (χ1) is 9.88. The van der Waals surface area contributed by atoms with Gasteiger partial charge in [0.2, 0.25) is 0 Å². The molecule has 0 spiro atoms. The number of fused-ring (bicyclic) bond motifs is 1. The summed E-state index contributed by atoms with van der Waals surface area (Å²) in [5.41, 5.74) is 1.22. The van der Waals surface area contributed by atoms with E-state index in [4.69, 9.17) is 0 Å². The fourth-order valence-corrected chi connectivity index (χ4v) is 3.94. The highest BCUT2D eigenvalue weighted by atomic mass is 15.2. The number of nitrogens with one attached hydrogen (secondary N) is 2. The summed E-state index contributed by atoms with van der Waals surface area (Å²) >= 11 is 0. The van der Waals surface area contributed by atoms with Crippen LogP contribution in [0.3, 0.4) is 0 Å². The van der Waals surface area contributed by atoms with Crippen molar-refractivity contribution in [2.24, 2.45) is 5.92 Å². The van der Waals surface area contributed by atoms with Crippen LogP contribution in [0.1, 0.15) is 32.1 Å². The number of nitrogens with zero attached hydrogens (tertiary/aromatic N) is 3. The Balaban J connectivity index is 1.45. The Bertz CT molecular complexity index is 459. The molecule has 2 aliphatic heterocycles. The summed E-state index contributed by atoms with van der Waals surface area (Å²) in [5.74, 6) is 1.76. The van der Waals surface area contributed by atoms with Crippen LogP contribution in [0.15, 0.2) is 12.3 Å². The van der Waals surface area contributed by atoms with E-state index < -0.39 is 0 Å². The predicted molar refractivity (Wildman–Crippen MR) is 80.0 cm³/mol. The zero-order valence-electron chi connectivity index (χ0n) is 11.9. The van der Waals surface area contributed by atoms with E-state index in [9.17, 15) is 0 Å². The van der Waals surface area contributed by atoms with Crippen LogP contribution in [0.4, 0.5) is 11.5 Å². The molecule has 1 aromatic rings. The van der Waals surface area contributed by atoms with Crippen LogP contribution in [-0.4, -0.2) is 41.9 Å². The van der Waals surface area contributed by atoms with E-state index in [0.29, 0.717) is 12.1 Å². The Kier molecular flexibility index (Phi) is 3.22. The van der Waals surface area contributed by atoms with E-state index in [0.717, 1.165) is 24.8 Å². The van der Waals surface area contributed by atoms with Crippen LogP contribution in [0.25, 0.3) is 0 Å². The molecule has 2 N–H and O–H groups in total. The molecule has 5 nitrogen and oxygen atoms in total. The smallest absolute Gasteiger partial charge is 0.150 e. The van der Waals surface area contributed by atoms with Gasteiger partial charge < -0.3 is 15.5 Å². The van der Waals surface area contributed by atoms with Crippen molar-refractivity contribution in [1.82, 2.24) is 15.5 Å². The lowest BCUT2D eigenvalue weighted by atomic mass is 10.1. The van der Waals surface area contributed by atoms with Gasteiger partial charge >= 0.3 is 0 Å². The lowest BCUT2D eigenvalue weighted by Crippen LogP contribution is -2.30. The monoisotopic (exact) mass is 273 g/mol. The Morgan fingerprint density at radius 3 is 2.95 bits per heavy atom. The lowest BCUT2D eigenvalue weighted by molar-refractivity contribution is 0.556. The normalized spacial score (nSPS) is 29.9. The van der Waals surface area contributed by atoms with E-state index in [1.54, 1.807) is 0 Å². The minimum atomic E-state index is 0.596. The highest BCUT2D eigenvalue weighted by Gasteiger charge is 2.36. The summed E-state index contributed by atoms with van der Waals surface area (Å²) in [5, 5.41) is 15.6. The zero-order valence-corrected chi connectivity index (χ0v) is 11.9. The molecule has 1 aliphatic carbocycles. The average Bonchev–Trinajstić information content (AvgIpc) is 3.14. The summed E-state index contributed by atoms with van der Waals surface area (Å²) in [6.45, 7) is 3.46. The second-order valence-corrected chi connectivity index (χ2v) is 6.44. The van der Waals surface area contributed by atoms with Gasteiger partial charge in [-0.1, -0.05) is 12.8 Å². The molecule has 20 heavy (non-hydrogen) atoms. The highest BCUT2D eigenvalue weighted by Crippen LogP contribution is 2.30. The maximum atomic E-state index is 4.24. The lowest BCUT2D eigenvalue weighted by Gasteiger charge is -2.20. The van der Waals surface area contributed by atoms with Gasteiger partial charge in [0.05, 0.1) is 11.9 Å². The zero-order chi connectivity index (χ0) is 13.4. The largest absolute Gasteiger partial charge is 0.368 e. The molecule has 2 unspecified atom stereocenters. The number of hydrogen-bond acceptors (Lipinski definition) is 5. The third-order valence-corrected chi connectivity index (χ3v) is 5.08. The fourth-order valence-electron chi connectivity index (χ4n) is 3.94. The third kappa shape index (κ3) is 2.35. The Morgan fingerprint density at radius 2 is 2.10 bits per heavy atom. The molecule has 2 saturated heterocycles. The third-order valence-electron chi connectivity index (χ3n) is 5.08. The van der Waals surface area contributed by atoms with E-state index in [2.05, 4.69) is 31.8 Å². The van der Waals surface area contributed by atoms with Crippen LogP contribution in [0.2, 0.25) is 0 Å². The van der Waals surface area contributed by atoms with Crippen molar-refractivity contribution in [2.45, 2.75) is 44.2 Å². The van der Waals surface area contributed by atoms with Crippen LogP contribution in [-0.2, 0) is 0 Å². The summed E-state index contributed by atoms with van der Waals surface area (Å²) in [4.78, 5) is 2.45. The SMILES string of the molecule is c1nnc(NC2CCCC2)cc1N1CC2CCNC2C1. The summed E-state index contributed by atoms with van der Waals surface area (Å²) in [6, 6.07) is 3.44. The topological polar surface area (TPSA) is 53.1 Å². The molecule has 5 heteroatoms. The second kappa shape index (κ2) is 5.20. The van der Waals surface area contributed by atoms with Crippen LogP contribution in [0.5, 0.6) is 0 Å². The minimum absolute atomic E-state index is 0.596. The van der Waals surface area contributed by atoms with E-state index >= 15 is 0 Å². The van der Waals surface area contributed by atoms with Crippen molar-refractivity contribution >= 4 is 11.5 Å². The summed E-state index contributed by atoms with van der Waals surface area (Å²) in [7, 11) is 0. The van der Waals surface area contributed by atoms with E-state index in [1.165, 1.54) is 44.3 Å². The maximum Gasteiger partial charge on any atom is 0.150 e. The molecule has 1 saturated carbocycles. The molecular weight excluding hydrogens is 250 g/mol. The second-order valence-electron chi connectivity index (χ2n) is 6.44. The average molecular weight is 273 g/mol. The minimum Gasteiger partial charge on any atom is -0.368 e. The Hall–Kier alpha value is -1.36. The predicted octanol–water partition coefficient (Wildman–Crippen LogP) is 1.63. The first-order valence-electron chi connectivity index (χ1n) is 7.96. The molecule has 0 radical (unpaired) electrons. The number of anilines is 2. The van der Waals surface area contributed by atoms with Crippen molar-refractivity contribution in [3.05, 3.63) is 12.3 Å². The van der Waals surface area contributed by atoms with Crippen molar-refractivity contribution in [2.75, 3.05) is 29.9 Å².